The predicted octanol–water partition coefficient (Wildman–Crippen LogP) is 4.71. The first-order valence-electron chi connectivity index (χ1n) is 7.43. The molecule has 0 radical (unpaired) electrons. The van der Waals surface area contributed by atoms with Crippen LogP contribution in [-0.2, 0) is 0 Å². The van der Waals surface area contributed by atoms with E-state index in [4.69, 9.17) is 23.8 Å². The minimum absolute atomic E-state index is 0.0257. The van der Waals surface area contributed by atoms with E-state index in [1.807, 2.05) is 6.07 Å². The Morgan fingerprint density at radius 3 is 2.86 bits per heavy atom. The summed E-state index contributed by atoms with van der Waals surface area (Å²) in [5.41, 5.74) is 0.726. The van der Waals surface area contributed by atoms with Crippen LogP contribution in [-0.4, -0.2) is 9.55 Å². The van der Waals surface area contributed by atoms with Crippen LogP contribution in [0, 0.1) is 16.6 Å². The normalized spacial score (nSPS) is 26.1. The number of fused-ring (bicyclic) bond motifs is 1. The fraction of sp³-hybridized carbons (Fsp3) is 0.500. The predicted molar refractivity (Wildman–Crippen MR) is 89.6 cm³/mol. The van der Waals surface area contributed by atoms with E-state index < -0.39 is 0 Å². The summed E-state index contributed by atoms with van der Waals surface area (Å²) in [6, 6.07) is 5.47. The summed E-state index contributed by atoms with van der Waals surface area (Å²) in [7, 11) is 0. The minimum Gasteiger partial charge on any atom is -0.332 e. The summed E-state index contributed by atoms with van der Waals surface area (Å²) in [5, 5.41) is 1.18. The topological polar surface area (TPSA) is 37.8 Å². The van der Waals surface area contributed by atoms with Gasteiger partial charge in [0.1, 0.15) is 0 Å². The van der Waals surface area contributed by atoms with Crippen LogP contribution >= 0.6 is 23.8 Å². The van der Waals surface area contributed by atoms with Crippen molar-refractivity contribution in [3.8, 4) is 0 Å². The molecule has 3 nitrogen and oxygen atoms in total. The van der Waals surface area contributed by atoms with Gasteiger partial charge < -0.3 is 4.98 Å². The van der Waals surface area contributed by atoms with E-state index in [1.165, 1.54) is 6.42 Å². The van der Waals surface area contributed by atoms with Crippen LogP contribution in [0.15, 0.2) is 23.0 Å². The Kier molecular flexibility index (Phi) is 3.93. The number of halogens is 1. The van der Waals surface area contributed by atoms with Gasteiger partial charge >= 0.3 is 0 Å². The van der Waals surface area contributed by atoms with Gasteiger partial charge in [-0.3, -0.25) is 9.36 Å². The smallest absolute Gasteiger partial charge is 0.262 e. The fourth-order valence-corrected chi connectivity index (χ4v) is 3.92. The SMILES string of the molecule is CC1CCCC(n2c(=S)[nH]c3ccc(Cl)cc3c2=O)C1C. The first-order chi connectivity index (χ1) is 9.99. The molecular weight excluding hydrogens is 304 g/mol. The molecule has 1 saturated carbocycles. The van der Waals surface area contributed by atoms with Crippen LogP contribution in [0.3, 0.4) is 0 Å². The maximum absolute atomic E-state index is 12.9. The number of hydrogen-bond acceptors (Lipinski definition) is 2. The third-order valence-corrected chi connectivity index (χ3v) is 5.42. The lowest BCUT2D eigenvalue weighted by Gasteiger charge is -2.35. The van der Waals surface area contributed by atoms with Crippen molar-refractivity contribution < 1.29 is 0 Å². The highest BCUT2D eigenvalue weighted by Gasteiger charge is 2.29. The first kappa shape index (κ1) is 14.8. The summed E-state index contributed by atoms with van der Waals surface area (Å²) in [4.78, 5) is 16.0. The van der Waals surface area contributed by atoms with Gasteiger partial charge in [-0.05, 0) is 48.7 Å². The molecule has 1 aliphatic rings. The van der Waals surface area contributed by atoms with Crippen molar-refractivity contribution in [3.05, 3.63) is 38.3 Å². The van der Waals surface area contributed by atoms with Crippen molar-refractivity contribution in [2.24, 2.45) is 11.8 Å². The van der Waals surface area contributed by atoms with E-state index in [1.54, 1.807) is 16.7 Å². The van der Waals surface area contributed by atoms with E-state index in [0.29, 0.717) is 27.0 Å². The second-order valence-electron chi connectivity index (χ2n) is 6.13. The van der Waals surface area contributed by atoms with Crippen LogP contribution in [0.4, 0.5) is 0 Å². The van der Waals surface area contributed by atoms with Crippen LogP contribution in [0.2, 0.25) is 5.02 Å². The largest absolute Gasteiger partial charge is 0.332 e. The van der Waals surface area contributed by atoms with Crippen molar-refractivity contribution in [1.82, 2.24) is 9.55 Å². The summed E-state index contributed by atoms with van der Waals surface area (Å²) in [5.74, 6) is 1.06. The number of aromatic amines is 1. The van der Waals surface area contributed by atoms with Crippen LogP contribution < -0.4 is 5.56 Å². The Balaban J connectivity index is 2.23. The molecular formula is C16H19ClN2OS. The Hall–Kier alpha value is -1.13. The molecule has 1 aromatic heterocycles. The summed E-state index contributed by atoms with van der Waals surface area (Å²) >= 11 is 11.5. The highest BCUT2D eigenvalue weighted by Crippen LogP contribution is 2.37. The molecule has 0 saturated heterocycles. The lowest BCUT2D eigenvalue weighted by molar-refractivity contribution is 0.181. The van der Waals surface area contributed by atoms with E-state index in [0.717, 1.165) is 18.4 Å². The minimum atomic E-state index is -0.0257. The molecule has 1 N–H and O–H groups in total. The molecule has 5 heteroatoms. The molecule has 0 amide bonds. The quantitative estimate of drug-likeness (QED) is 0.772. The number of rotatable bonds is 1. The maximum Gasteiger partial charge on any atom is 0.262 e. The van der Waals surface area contributed by atoms with Crippen molar-refractivity contribution in [3.63, 3.8) is 0 Å². The van der Waals surface area contributed by atoms with E-state index in [-0.39, 0.29) is 11.6 Å². The lowest BCUT2D eigenvalue weighted by atomic mass is 9.78. The third-order valence-electron chi connectivity index (χ3n) is 4.89. The fourth-order valence-electron chi connectivity index (χ4n) is 3.42. The number of nitrogens with zero attached hydrogens (tertiary/aromatic N) is 1. The molecule has 1 fully saturated rings. The zero-order valence-electron chi connectivity index (χ0n) is 12.2. The molecule has 21 heavy (non-hydrogen) atoms. The zero-order valence-corrected chi connectivity index (χ0v) is 13.8. The molecule has 3 rings (SSSR count). The van der Waals surface area contributed by atoms with E-state index in [9.17, 15) is 4.79 Å². The van der Waals surface area contributed by atoms with E-state index in [2.05, 4.69) is 18.8 Å². The number of nitrogens with one attached hydrogen (secondary N) is 1. The second kappa shape index (κ2) is 5.58. The average Bonchev–Trinajstić information content (AvgIpc) is 2.44. The van der Waals surface area contributed by atoms with Gasteiger partial charge in [0.25, 0.3) is 5.56 Å². The Bertz CT molecular complexity index is 795. The molecule has 1 aromatic carbocycles. The molecule has 112 valence electrons. The third kappa shape index (κ3) is 2.55. The molecule has 3 unspecified atom stereocenters. The Morgan fingerprint density at radius 1 is 1.33 bits per heavy atom. The van der Waals surface area contributed by atoms with Gasteiger partial charge in [0.05, 0.1) is 10.9 Å². The van der Waals surface area contributed by atoms with Crippen molar-refractivity contribution in [2.75, 3.05) is 0 Å². The molecule has 0 spiro atoms. The van der Waals surface area contributed by atoms with Gasteiger partial charge in [-0.1, -0.05) is 38.3 Å². The van der Waals surface area contributed by atoms with Crippen molar-refractivity contribution in [1.29, 1.82) is 0 Å². The summed E-state index contributed by atoms with van der Waals surface area (Å²) < 4.78 is 2.29. The van der Waals surface area contributed by atoms with Crippen LogP contribution in [0.1, 0.15) is 39.2 Å². The lowest BCUT2D eigenvalue weighted by Crippen LogP contribution is -2.34. The van der Waals surface area contributed by atoms with Gasteiger partial charge in [0.15, 0.2) is 4.77 Å². The molecule has 3 atom stereocenters. The molecule has 1 heterocycles. The second-order valence-corrected chi connectivity index (χ2v) is 6.95. The van der Waals surface area contributed by atoms with Crippen LogP contribution in [0.25, 0.3) is 10.9 Å². The average molecular weight is 323 g/mol. The summed E-state index contributed by atoms with van der Waals surface area (Å²) in [6.07, 6.45) is 3.38. The van der Waals surface area contributed by atoms with Crippen molar-refractivity contribution in [2.45, 2.75) is 39.2 Å². The Morgan fingerprint density at radius 2 is 2.10 bits per heavy atom. The standard InChI is InChI=1S/C16H19ClN2OS/c1-9-4-3-5-14(10(9)2)19-15(20)12-8-11(17)6-7-13(12)18-16(19)21/h6-10,14H,3-5H2,1-2H3,(H,18,21). The molecule has 0 bridgehead atoms. The first-order valence-corrected chi connectivity index (χ1v) is 8.21. The number of aromatic nitrogens is 2. The van der Waals surface area contributed by atoms with Gasteiger partial charge in [-0.2, -0.15) is 0 Å². The van der Waals surface area contributed by atoms with Gasteiger partial charge in [0, 0.05) is 11.1 Å². The maximum atomic E-state index is 12.9. The van der Waals surface area contributed by atoms with Gasteiger partial charge in [-0.25, -0.2) is 0 Å². The van der Waals surface area contributed by atoms with Gasteiger partial charge in [-0.15, -0.1) is 0 Å². The Labute approximate surface area is 133 Å². The molecule has 0 aliphatic heterocycles. The van der Waals surface area contributed by atoms with Gasteiger partial charge in [0.2, 0.25) is 0 Å². The van der Waals surface area contributed by atoms with E-state index >= 15 is 0 Å². The highest BCUT2D eigenvalue weighted by atomic mass is 35.5. The zero-order chi connectivity index (χ0) is 15.1. The number of H-pyrrole nitrogens is 1. The summed E-state index contributed by atoms with van der Waals surface area (Å²) in [6.45, 7) is 4.48. The monoisotopic (exact) mass is 322 g/mol. The highest BCUT2D eigenvalue weighted by molar-refractivity contribution is 7.71. The van der Waals surface area contributed by atoms with Crippen LogP contribution in [0.5, 0.6) is 0 Å². The molecule has 2 aromatic rings. The number of hydrogen-bond donors (Lipinski definition) is 1. The van der Waals surface area contributed by atoms with Crippen molar-refractivity contribution >= 4 is 34.7 Å². The molecule has 1 aliphatic carbocycles. The number of benzene rings is 1.